The van der Waals surface area contributed by atoms with E-state index in [2.05, 4.69) is 0 Å². The van der Waals surface area contributed by atoms with Crippen molar-refractivity contribution < 1.29 is 28.9 Å². The number of para-hydroxylation sites is 2. The van der Waals surface area contributed by atoms with Gasteiger partial charge in [-0.1, -0.05) is 30.3 Å². The van der Waals surface area contributed by atoms with Crippen LogP contribution in [-0.4, -0.2) is 56.2 Å². The first-order valence-electron chi connectivity index (χ1n) is 10.8. The number of likely N-dealkylation sites (N-methyl/N-ethyl adjacent to an activating group) is 1. The number of hydrogen-bond acceptors (Lipinski definition) is 8. The first-order valence-corrected chi connectivity index (χ1v) is 11.7. The number of ether oxygens (including phenoxy) is 3. The minimum absolute atomic E-state index is 0.101. The lowest BCUT2D eigenvalue weighted by Crippen LogP contribution is -2.37. The van der Waals surface area contributed by atoms with E-state index in [9.17, 15) is 9.90 Å². The molecule has 0 amide bonds. The summed E-state index contributed by atoms with van der Waals surface area (Å²) in [5.74, 6) is 1.43. The van der Waals surface area contributed by atoms with Gasteiger partial charge in [0.2, 0.25) is 0 Å². The number of aliphatic hydroxyl groups is 1. The first kappa shape index (κ1) is 25.3. The second-order valence-corrected chi connectivity index (χ2v) is 8.23. The maximum absolute atomic E-state index is 12.2. The molecule has 1 atom stereocenters. The number of thiophene rings is 1. The van der Waals surface area contributed by atoms with Crippen LogP contribution in [0.25, 0.3) is 11.6 Å². The van der Waals surface area contributed by atoms with E-state index in [0.29, 0.717) is 29.4 Å². The minimum atomic E-state index is -0.765. The molecule has 0 saturated carbocycles. The average Bonchev–Trinajstić information content (AvgIpc) is 3.41. The van der Waals surface area contributed by atoms with Gasteiger partial charge >= 0.3 is 5.97 Å². The maximum Gasteiger partial charge on any atom is 0.339 e. The highest BCUT2D eigenvalue weighted by Crippen LogP contribution is 2.27. The molecule has 0 bridgehead atoms. The summed E-state index contributed by atoms with van der Waals surface area (Å²) in [5.41, 5.74) is 1.33. The summed E-state index contributed by atoms with van der Waals surface area (Å²) in [6.07, 6.45) is 1.02. The summed E-state index contributed by atoms with van der Waals surface area (Å²) < 4.78 is 16.0. The van der Waals surface area contributed by atoms with Crippen LogP contribution >= 0.6 is 11.3 Å². The predicted molar refractivity (Wildman–Crippen MR) is 133 cm³/mol. The van der Waals surface area contributed by atoms with Gasteiger partial charge in [0.1, 0.15) is 18.5 Å². The third-order valence-corrected chi connectivity index (χ3v) is 5.79. The molecule has 1 aromatic heterocycles. The number of benzene rings is 2. The van der Waals surface area contributed by atoms with Crippen LogP contribution in [0.1, 0.15) is 17.4 Å². The van der Waals surface area contributed by atoms with Crippen molar-refractivity contribution in [3.63, 3.8) is 0 Å². The molecule has 1 N–H and O–H groups in total. The quantitative estimate of drug-likeness (QED) is 0.230. The zero-order chi connectivity index (χ0) is 24.3. The molecule has 0 radical (unpaired) electrons. The number of hydroxylamine groups is 2. The highest BCUT2D eigenvalue weighted by Gasteiger charge is 2.16. The van der Waals surface area contributed by atoms with Crippen molar-refractivity contribution in [2.24, 2.45) is 0 Å². The van der Waals surface area contributed by atoms with Crippen molar-refractivity contribution in [3.05, 3.63) is 76.5 Å². The van der Waals surface area contributed by atoms with E-state index in [4.69, 9.17) is 19.0 Å². The number of nitrogens with zero attached hydrogens (tertiary/aromatic N) is 1. The van der Waals surface area contributed by atoms with Gasteiger partial charge in [0.25, 0.3) is 0 Å². The van der Waals surface area contributed by atoms with Crippen LogP contribution in [0.4, 0.5) is 0 Å². The van der Waals surface area contributed by atoms with Gasteiger partial charge in [0, 0.05) is 11.4 Å². The molecular weight excluding hydrogens is 454 g/mol. The van der Waals surface area contributed by atoms with E-state index in [1.165, 1.54) is 18.4 Å². The molecule has 8 heteroatoms. The Labute approximate surface area is 203 Å². The molecule has 0 fully saturated rings. The monoisotopic (exact) mass is 483 g/mol. The van der Waals surface area contributed by atoms with Crippen molar-refractivity contribution in [1.29, 1.82) is 0 Å². The topological polar surface area (TPSA) is 77.5 Å². The van der Waals surface area contributed by atoms with E-state index in [0.717, 1.165) is 10.4 Å². The fourth-order valence-electron chi connectivity index (χ4n) is 3.14. The van der Waals surface area contributed by atoms with Crippen LogP contribution in [0.15, 0.2) is 66.0 Å². The summed E-state index contributed by atoms with van der Waals surface area (Å²) in [6.45, 7) is 2.87. The van der Waals surface area contributed by atoms with Crippen molar-refractivity contribution in [3.8, 4) is 17.2 Å². The second kappa shape index (κ2) is 12.8. The van der Waals surface area contributed by atoms with Gasteiger partial charge in [0.05, 0.1) is 26.3 Å². The van der Waals surface area contributed by atoms with Crippen LogP contribution in [-0.2, 0) is 9.53 Å². The molecule has 0 aliphatic rings. The number of aliphatic hydroxyl groups excluding tert-OH is 1. The summed E-state index contributed by atoms with van der Waals surface area (Å²) in [4.78, 5) is 18.9. The number of rotatable bonds is 12. The van der Waals surface area contributed by atoms with Crippen molar-refractivity contribution in [1.82, 2.24) is 5.06 Å². The Kier molecular flexibility index (Phi) is 9.51. The van der Waals surface area contributed by atoms with E-state index in [1.54, 1.807) is 30.4 Å². The normalized spacial score (nSPS) is 12.3. The zero-order valence-corrected chi connectivity index (χ0v) is 20.3. The summed E-state index contributed by atoms with van der Waals surface area (Å²) in [6, 6.07) is 18.4. The molecule has 1 heterocycles. The number of hydrogen-bond donors (Lipinski definition) is 1. The van der Waals surface area contributed by atoms with E-state index >= 15 is 0 Å². The van der Waals surface area contributed by atoms with Crippen LogP contribution in [0, 0.1) is 0 Å². The Bertz CT molecular complexity index is 1070. The average molecular weight is 484 g/mol. The number of carbonyl (C=O) groups is 1. The van der Waals surface area contributed by atoms with Gasteiger partial charge in [-0.3, -0.25) is 0 Å². The first-order chi connectivity index (χ1) is 16.5. The van der Waals surface area contributed by atoms with Gasteiger partial charge in [-0.2, -0.15) is 0 Å². The third-order valence-electron chi connectivity index (χ3n) is 4.89. The number of carbonyl (C=O) groups excluding carboxylic acids is 1. The maximum atomic E-state index is 12.2. The Morgan fingerprint density at radius 2 is 1.79 bits per heavy atom. The fraction of sp³-hybridized carbons (Fsp3) is 0.269. The Morgan fingerprint density at radius 3 is 2.41 bits per heavy atom. The summed E-state index contributed by atoms with van der Waals surface area (Å²) in [5, 5.41) is 14.0. The Balaban J connectivity index is 1.56. The summed E-state index contributed by atoms with van der Waals surface area (Å²) in [7, 11) is 2.95. The molecule has 1 unspecified atom stereocenters. The molecule has 34 heavy (non-hydrogen) atoms. The predicted octanol–water partition coefficient (Wildman–Crippen LogP) is 4.53. The summed E-state index contributed by atoms with van der Waals surface area (Å²) >= 11 is 1.47. The number of esters is 1. The van der Waals surface area contributed by atoms with E-state index in [-0.39, 0.29) is 19.1 Å². The molecule has 0 saturated heterocycles. The van der Waals surface area contributed by atoms with Crippen molar-refractivity contribution >= 4 is 29.0 Å². The lowest BCUT2D eigenvalue weighted by molar-refractivity contribution is -0.133. The van der Waals surface area contributed by atoms with Gasteiger partial charge < -0.3 is 24.2 Å². The highest BCUT2D eigenvalue weighted by atomic mass is 32.1. The van der Waals surface area contributed by atoms with Crippen LogP contribution in [0.2, 0.25) is 0 Å². The molecule has 0 aliphatic carbocycles. The Morgan fingerprint density at radius 1 is 1.06 bits per heavy atom. The van der Waals surface area contributed by atoms with Gasteiger partial charge in [-0.25, -0.2) is 4.79 Å². The van der Waals surface area contributed by atoms with Crippen LogP contribution in [0.3, 0.4) is 0 Å². The molecule has 0 spiro atoms. The van der Waals surface area contributed by atoms with Crippen molar-refractivity contribution in [2.45, 2.75) is 13.0 Å². The third kappa shape index (κ3) is 7.08. The van der Waals surface area contributed by atoms with Crippen LogP contribution in [0.5, 0.6) is 17.2 Å². The molecule has 2 aromatic carbocycles. The van der Waals surface area contributed by atoms with E-state index in [1.807, 2.05) is 60.8 Å². The van der Waals surface area contributed by atoms with Gasteiger partial charge in [-0.15, -0.1) is 16.4 Å². The number of methoxy groups -OCH3 is 2. The van der Waals surface area contributed by atoms with Crippen LogP contribution < -0.4 is 14.3 Å². The molecule has 7 nitrogen and oxygen atoms in total. The van der Waals surface area contributed by atoms with Gasteiger partial charge in [-0.05, 0) is 54.3 Å². The largest absolute Gasteiger partial charge is 0.493 e. The van der Waals surface area contributed by atoms with E-state index < -0.39 is 6.10 Å². The highest BCUT2D eigenvalue weighted by molar-refractivity contribution is 7.11. The lowest BCUT2D eigenvalue weighted by Gasteiger charge is -2.24. The SMILES string of the molecule is CCN(CC(O)COc1ccc(/C=C(/C(=O)OC)c2cccs2)cc1)Oc1ccccc1OC. The fourth-order valence-corrected chi connectivity index (χ4v) is 3.87. The Hall–Kier alpha value is -3.33. The second-order valence-electron chi connectivity index (χ2n) is 7.28. The van der Waals surface area contributed by atoms with Crippen molar-refractivity contribution in [2.75, 3.05) is 33.9 Å². The molecular formula is C26H29NO6S. The van der Waals surface area contributed by atoms with Gasteiger partial charge in [0.15, 0.2) is 11.5 Å². The molecule has 0 aliphatic heterocycles. The smallest absolute Gasteiger partial charge is 0.339 e. The molecule has 180 valence electrons. The minimum Gasteiger partial charge on any atom is -0.493 e. The molecule has 3 rings (SSSR count). The zero-order valence-electron chi connectivity index (χ0n) is 19.5. The standard InChI is InChI=1S/C26H29NO6S/c1-4-27(33-24-9-6-5-8-23(24)30-2)17-20(28)18-32-21-13-11-19(12-14-21)16-22(26(29)31-3)25-10-7-15-34-25/h5-16,20,28H,4,17-18H2,1-3H3/b22-16+. The lowest BCUT2D eigenvalue weighted by atomic mass is 10.1. The molecule has 3 aromatic rings.